The molecule has 1 aromatic rings. The highest BCUT2D eigenvalue weighted by Crippen LogP contribution is 2.20. The highest BCUT2D eigenvalue weighted by atomic mass is 32.2. The first-order valence-electron chi connectivity index (χ1n) is 3.70. The number of phenols is 1. The van der Waals surface area contributed by atoms with Crippen LogP contribution in [0.25, 0.3) is 0 Å². The van der Waals surface area contributed by atoms with E-state index in [4.69, 9.17) is 15.4 Å². The van der Waals surface area contributed by atoms with E-state index in [9.17, 15) is 9.00 Å². The average Bonchev–Trinajstić information content (AvgIpc) is 2.08. The second kappa shape index (κ2) is 4.21. The molecule has 0 bridgehead atoms. The molecule has 0 aliphatic heterocycles. The molecule has 1 unspecified atom stereocenters. The highest BCUT2D eigenvalue weighted by Gasteiger charge is 2.10. The van der Waals surface area contributed by atoms with Gasteiger partial charge in [0.1, 0.15) is 11.5 Å². The number of ketones is 1. The number of carbonyl (C=O) groups excluding carboxylic acids is 1. The minimum atomic E-state index is -2.17. The summed E-state index contributed by atoms with van der Waals surface area (Å²) in [6.45, 7) is 0. The van der Waals surface area contributed by atoms with Gasteiger partial charge in [-0.15, -0.1) is 0 Å². The van der Waals surface area contributed by atoms with E-state index in [1.54, 1.807) is 0 Å². The minimum absolute atomic E-state index is 0.159. The van der Waals surface area contributed by atoms with Crippen molar-refractivity contribution in [2.45, 2.75) is 0 Å². The van der Waals surface area contributed by atoms with Gasteiger partial charge in [0.25, 0.3) is 0 Å². The Morgan fingerprint density at radius 2 is 2.14 bits per heavy atom. The number of nitrogens with two attached hydrogens (primary N) is 1. The molecule has 0 aromatic heterocycles. The van der Waals surface area contributed by atoms with Crippen LogP contribution in [0.5, 0.6) is 5.75 Å². The standard InChI is InChI=1S/C8H9NO4S/c9-6-2-1-5(3-7(6)10)8(11)4-14(12)13/h1-3,10H,4,9H2,(H,12,13). The Kier molecular flexibility index (Phi) is 3.21. The van der Waals surface area contributed by atoms with Crippen LogP contribution in [0.3, 0.4) is 0 Å². The van der Waals surface area contributed by atoms with Gasteiger partial charge in [-0.3, -0.25) is 4.79 Å². The molecular formula is C8H9NO4S. The number of rotatable bonds is 3. The molecule has 0 fully saturated rings. The summed E-state index contributed by atoms with van der Waals surface area (Å²) < 4.78 is 18.8. The molecule has 0 spiro atoms. The molecule has 1 atom stereocenters. The van der Waals surface area contributed by atoms with E-state index in [1.807, 2.05) is 0 Å². The van der Waals surface area contributed by atoms with Gasteiger partial charge in [-0.05, 0) is 18.2 Å². The van der Waals surface area contributed by atoms with Crippen LogP contribution in [0.1, 0.15) is 10.4 Å². The van der Waals surface area contributed by atoms with Crippen LogP contribution in [0.4, 0.5) is 5.69 Å². The zero-order chi connectivity index (χ0) is 10.7. The monoisotopic (exact) mass is 215 g/mol. The fourth-order valence-electron chi connectivity index (χ4n) is 0.913. The molecule has 1 aromatic carbocycles. The Morgan fingerprint density at radius 1 is 1.50 bits per heavy atom. The molecular weight excluding hydrogens is 206 g/mol. The van der Waals surface area contributed by atoms with E-state index in [0.717, 1.165) is 0 Å². The van der Waals surface area contributed by atoms with Crippen LogP contribution in [0.15, 0.2) is 18.2 Å². The van der Waals surface area contributed by atoms with Crippen molar-refractivity contribution in [3.63, 3.8) is 0 Å². The van der Waals surface area contributed by atoms with Gasteiger partial charge in [0, 0.05) is 5.56 Å². The maximum atomic E-state index is 11.2. The number of nitrogen functional groups attached to an aromatic ring is 1. The number of Topliss-reactive ketones (excluding diaryl/α,β-unsaturated/α-hetero) is 1. The molecule has 0 saturated carbocycles. The van der Waals surface area contributed by atoms with Gasteiger partial charge >= 0.3 is 0 Å². The zero-order valence-electron chi connectivity index (χ0n) is 7.14. The molecule has 0 amide bonds. The first kappa shape index (κ1) is 10.7. The lowest BCUT2D eigenvalue weighted by molar-refractivity contribution is 0.102. The maximum absolute atomic E-state index is 11.2. The van der Waals surface area contributed by atoms with Gasteiger partial charge in [-0.1, -0.05) is 0 Å². The minimum Gasteiger partial charge on any atom is -0.506 e. The Bertz CT molecular complexity index is 391. The predicted octanol–water partition coefficient (Wildman–Crippen LogP) is 0.379. The SMILES string of the molecule is Nc1ccc(C(=O)CS(=O)O)cc1O. The van der Waals surface area contributed by atoms with Crippen molar-refractivity contribution in [1.82, 2.24) is 0 Å². The Balaban J connectivity index is 2.91. The first-order chi connectivity index (χ1) is 6.50. The summed E-state index contributed by atoms with van der Waals surface area (Å²) in [6, 6.07) is 3.93. The van der Waals surface area contributed by atoms with E-state index in [1.165, 1.54) is 18.2 Å². The van der Waals surface area contributed by atoms with Crippen LogP contribution in [-0.4, -0.2) is 25.4 Å². The molecule has 0 heterocycles. The van der Waals surface area contributed by atoms with E-state index in [2.05, 4.69) is 0 Å². The summed E-state index contributed by atoms with van der Waals surface area (Å²) in [5.74, 6) is -1.20. The Morgan fingerprint density at radius 3 is 2.64 bits per heavy atom. The van der Waals surface area contributed by atoms with Crippen LogP contribution < -0.4 is 5.73 Å². The van der Waals surface area contributed by atoms with Crippen LogP contribution in [-0.2, 0) is 11.1 Å². The Labute approximate surface area is 82.8 Å². The van der Waals surface area contributed by atoms with Crippen molar-refractivity contribution in [3.8, 4) is 5.75 Å². The molecule has 5 nitrogen and oxygen atoms in total. The number of hydrogen-bond donors (Lipinski definition) is 3. The molecule has 0 aliphatic rings. The number of aromatic hydroxyl groups is 1. The van der Waals surface area contributed by atoms with E-state index < -0.39 is 22.6 Å². The quantitative estimate of drug-likeness (QED) is 0.293. The fraction of sp³-hybridized carbons (Fsp3) is 0.125. The zero-order valence-corrected chi connectivity index (χ0v) is 7.95. The summed E-state index contributed by atoms with van der Waals surface area (Å²) in [5.41, 5.74) is 5.64. The third kappa shape index (κ3) is 2.54. The van der Waals surface area contributed by atoms with Crippen LogP contribution in [0.2, 0.25) is 0 Å². The van der Waals surface area contributed by atoms with Crippen molar-refractivity contribution >= 4 is 22.6 Å². The topological polar surface area (TPSA) is 101 Å². The molecule has 6 heteroatoms. The maximum Gasteiger partial charge on any atom is 0.177 e. The molecule has 0 aliphatic carbocycles. The summed E-state index contributed by atoms with van der Waals surface area (Å²) in [4.78, 5) is 11.2. The normalized spacial score (nSPS) is 12.4. The van der Waals surface area contributed by atoms with Gasteiger partial charge in [-0.2, -0.15) is 0 Å². The molecule has 4 N–H and O–H groups in total. The predicted molar refractivity (Wildman–Crippen MR) is 52.5 cm³/mol. The van der Waals surface area contributed by atoms with E-state index in [0.29, 0.717) is 0 Å². The van der Waals surface area contributed by atoms with Gasteiger partial charge in [-0.25, -0.2) is 4.21 Å². The lowest BCUT2D eigenvalue weighted by Gasteiger charge is -2.01. The van der Waals surface area contributed by atoms with Crippen molar-refractivity contribution < 1.29 is 18.7 Å². The molecule has 14 heavy (non-hydrogen) atoms. The van der Waals surface area contributed by atoms with Gasteiger partial charge in [0.05, 0.1) is 5.69 Å². The summed E-state index contributed by atoms with van der Waals surface area (Å²) in [5, 5.41) is 9.17. The molecule has 76 valence electrons. The van der Waals surface area contributed by atoms with Gasteiger partial charge in [0.15, 0.2) is 16.9 Å². The lowest BCUT2D eigenvalue weighted by Crippen LogP contribution is -2.09. The average molecular weight is 215 g/mol. The number of hydrogen-bond acceptors (Lipinski definition) is 4. The third-order valence-corrected chi connectivity index (χ3v) is 2.12. The van der Waals surface area contributed by atoms with Crippen molar-refractivity contribution in [2.75, 3.05) is 11.5 Å². The smallest absolute Gasteiger partial charge is 0.177 e. The lowest BCUT2D eigenvalue weighted by atomic mass is 10.1. The second-order valence-electron chi connectivity index (χ2n) is 2.66. The summed E-state index contributed by atoms with van der Waals surface area (Å²) in [7, 11) is 0. The number of carbonyl (C=O) groups is 1. The van der Waals surface area contributed by atoms with Crippen LogP contribution in [0, 0.1) is 0 Å². The largest absolute Gasteiger partial charge is 0.506 e. The number of benzene rings is 1. The Hall–Kier alpha value is -1.40. The van der Waals surface area contributed by atoms with Crippen molar-refractivity contribution in [1.29, 1.82) is 0 Å². The first-order valence-corrected chi connectivity index (χ1v) is 4.97. The third-order valence-electron chi connectivity index (χ3n) is 1.61. The van der Waals surface area contributed by atoms with Crippen LogP contribution >= 0.6 is 0 Å². The fourth-order valence-corrected chi connectivity index (χ4v) is 1.30. The van der Waals surface area contributed by atoms with Gasteiger partial charge < -0.3 is 15.4 Å². The van der Waals surface area contributed by atoms with E-state index in [-0.39, 0.29) is 17.0 Å². The number of phenolic OH excluding ortho intramolecular Hbond substituents is 1. The highest BCUT2D eigenvalue weighted by molar-refractivity contribution is 7.80. The second-order valence-corrected chi connectivity index (χ2v) is 3.59. The van der Waals surface area contributed by atoms with E-state index >= 15 is 0 Å². The van der Waals surface area contributed by atoms with Crippen molar-refractivity contribution in [3.05, 3.63) is 23.8 Å². The van der Waals surface area contributed by atoms with Gasteiger partial charge in [0.2, 0.25) is 0 Å². The molecule has 0 saturated heterocycles. The molecule has 0 radical (unpaired) electrons. The number of anilines is 1. The summed E-state index contributed by atoms with van der Waals surface area (Å²) >= 11 is -2.17. The summed E-state index contributed by atoms with van der Waals surface area (Å²) in [6.07, 6.45) is 0. The molecule has 1 rings (SSSR count). The van der Waals surface area contributed by atoms with Crippen molar-refractivity contribution in [2.24, 2.45) is 0 Å².